The van der Waals surface area contributed by atoms with E-state index in [-0.39, 0.29) is 5.82 Å². The van der Waals surface area contributed by atoms with Crippen molar-refractivity contribution in [2.75, 3.05) is 12.3 Å². The average molecular weight is 231 g/mol. The van der Waals surface area contributed by atoms with Gasteiger partial charge < -0.3 is 10.5 Å². The highest BCUT2D eigenvalue weighted by Gasteiger charge is 2.04. The molecule has 0 bridgehead atoms. The molecule has 0 fully saturated rings. The third-order valence-corrected chi connectivity index (χ3v) is 2.49. The number of nitrogen functional groups attached to an aromatic ring is 1. The molecule has 2 N–H and O–H groups in total. The zero-order valence-corrected chi connectivity index (χ0v) is 9.61. The third kappa shape index (κ3) is 2.56. The Morgan fingerprint density at radius 2 is 1.82 bits per heavy atom. The Kier molecular flexibility index (Phi) is 3.28. The highest BCUT2D eigenvalue weighted by atomic mass is 19.1. The summed E-state index contributed by atoms with van der Waals surface area (Å²) in [6.45, 7) is 2.53. The molecule has 0 aromatic heterocycles. The van der Waals surface area contributed by atoms with Gasteiger partial charge in [0.2, 0.25) is 0 Å². The Labute approximate surface area is 99.8 Å². The normalized spacial score (nSPS) is 10.2. The smallest absolute Gasteiger partial charge is 0.123 e. The number of rotatable bonds is 3. The van der Waals surface area contributed by atoms with Crippen LogP contribution in [-0.2, 0) is 0 Å². The summed E-state index contributed by atoms with van der Waals surface area (Å²) >= 11 is 0. The Hall–Kier alpha value is -2.03. The van der Waals surface area contributed by atoms with Crippen molar-refractivity contribution >= 4 is 5.69 Å². The van der Waals surface area contributed by atoms with Crippen molar-refractivity contribution in [2.45, 2.75) is 6.92 Å². The largest absolute Gasteiger partial charge is 0.494 e. The Morgan fingerprint density at radius 1 is 1.12 bits per heavy atom. The fourth-order valence-corrected chi connectivity index (χ4v) is 1.69. The van der Waals surface area contributed by atoms with Gasteiger partial charge >= 0.3 is 0 Å². The van der Waals surface area contributed by atoms with Crippen molar-refractivity contribution in [1.82, 2.24) is 0 Å². The molecule has 88 valence electrons. The van der Waals surface area contributed by atoms with E-state index in [9.17, 15) is 4.39 Å². The molecule has 3 heteroatoms. The van der Waals surface area contributed by atoms with Gasteiger partial charge in [0.1, 0.15) is 11.6 Å². The van der Waals surface area contributed by atoms with Crippen LogP contribution in [0.2, 0.25) is 0 Å². The van der Waals surface area contributed by atoms with Crippen LogP contribution in [0, 0.1) is 5.82 Å². The lowest BCUT2D eigenvalue weighted by Gasteiger charge is -2.09. The maximum atomic E-state index is 12.8. The van der Waals surface area contributed by atoms with E-state index < -0.39 is 0 Å². The molecule has 0 radical (unpaired) electrons. The second kappa shape index (κ2) is 4.87. The Bertz CT molecular complexity index is 508. The molecular formula is C14H14FNO. The Morgan fingerprint density at radius 3 is 2.41 bits per heavy atom. The Balaban J connectivity index is 2.36. The molecule has 0 heterocycles. The van der Waals surface area contributed by atoms with Gasteiger partial charge in [0.15, 0.2) is 0 Å². The van der Waals surface area contributed by atoms with Crippen LogP contribution < -0.4 is 10.5 Å². The van der Waals surface area contributed by atoms with Crippen LogP contribution in [0.4, 0.5) is 10.1 Å². The second-order valence-corrected chi connectivity index (χ2v) is 3.69. The van der Waals surface area contributed by atoms with E-state index in [2.05, 4.69) is 0 Å². The monoisotopic (exact) mass is 231 g/mol. The van der Waals surface area contributed by atoms with Crippen molar-refractivity contribution in [3.8, 4) is 16.9 Å². The van der Waals surface area contributed by atoms with Crippen LogP contribution in [0.1, 0.15) is 6.92 Å². The van der Waals surface area contributed by atoms with E-state index in [0.717, 1.165) is 16.9 Å². The number of halogens is 1. The first-order chi connectivity index (χ1) is 8.20. The average Bonchev–Trinajstić information content (AvgIpc) is 2.31. The van der Waals surface area contributed by atoms with Gasteiger partial charge in [-0.15, -0.1) is 0 Å². The van der Waals surface area contributed by atoms with Crippen molar-refractivity contribution in [3.05, 3.63) is 48.3 Å². The number of hydrogen-bond donors (Lipinski definition) is 1. The summed E-state index contributed by atoms with van der Waals surface area (Å²) in [5.74, 6) is 0.495. The van der Waals surface area contributed by atoms with Crippen LogP contribution in [0.25, 0.3) is 11.1 Å². The lowest BCUT2D eigenvalue weighted by Crippen LogP contribution is -1.95. The van der Waals surface area contributed by atoms with E-state index in [1.54, 1.807) is 18.2 Å². The van der Waals surface area contributed by atoms with Gasteiger partial charge in [-0.25, -0.2) is 4.39 Å². The number of ether oxygens (including phenoxy) is 1. The van der Waals surface area contributed by atoms with Crippen LogP contribution in [0.3, 0.4) is 0 Å². The zero-order chi connectivity index (χ0) is 12.3. The molecule has 0 atom stereocenters. The van der Waals surface area contributed by atoms with Crippen molar-refractivity contribution in [1.29, 1.82) is 0 Å². The number of hydrogen-bond acceptors (Lipinski definition) is 2. The summed E-state index contributed by atoms with van der Waals surface area (Å²) in [4.78, 5) is 0. The molecule has 2 nitrogen and oxygen atoms in total. The van der Waals surface area contributed by atoms with Crippen LogP contribution >= 0.6 is 0 Å². The molecule has 0 aliphatic carbocycles. The summed E-state index contributed by atoms with van der Waals surface area (Å²) in [7, 11) is 0. The summed E-state index contributed by atoms with van der Waals surface area (Å²) in [6, 6.07) is 11.8. The van der Waals surface area contributed by atoms with Crippen LogP contribution in [-0.4, -0.2) is 6.61 Å². The van der Waals surface area contributed by atoms with Gasteiger partial charge in [-0.05, 0) is 36.8 Å². The molecule has 0 aliphatic heterocycles. The number of nitrogens with two attached hydrogens (primary N) is 1. The summed E-state index contributed by atoms with van der Waals surface area (Å²) in [6.07, 6.45) is 0. The summed E-state index contributed by atoms with van der Waals surface area (Å²) in [5.41, 5.74) is 8.35. The molecule has 0 unspecified atom stereocenters. The lowest BCUT2D eigenvalue weighted by atomic mass is 10.0. The van der Waals surface area contributed by atoms with Crippen LogP contribution in [0.5, 0.6) is 5.75 Å². The molecule has 0 saturated heterocycles. The lowest BCUT2D eigenvalue weighted by molar-refractivity contribution is 0.340. The molecule has 17 heavy (non-hydrogen) atoms. The van der Waals surface area contributed by atoms with Gasteiger partial charge in [0.05, 0.1) is 6.61 Å². The van der Waals surface area contributed by atoms with Gasteiger partial charge in [-0.2, -0.15) is 0 Å². The van der Waals surface area contributed by atoms with Crippen LogP contribution in [0.15, 0.2) is 42.5 Å². The van der Waals surface area contributed by atoms with Crippen molar-refractivity contribution in [2.24, 2.45) is 0 Å². The minimum atomic E-state index is -0.252. The zero-order valence-electron chi connectivity index (χ0n) is 9.61. The second-order valence-electron chi connectivity index (χ2n) is 3.69. The fraction of sp³-hybridized carbons (Fsp3) is 0.143. The quantitative estimate of drug-likeness (QED) is 0.821. The van der Waals surface area contributed by atoms with E-state index >= 15 is 0 Å². The summed E-state index contributed by atoms with van der Waals surface area (Å²) < 4.78 is 18.2. The molecule has 2 aromatic carbocycles. The molecule has 2 rings (SSSR count). The predicted octanol–water partition coefficient (Wildman–Crippen LogP) is 3.47. The molecule has 0 aliphatic rings. The number of benzene rings is 2. The fourth-order valence-electron chi connectivity index (χ4n) is 1.69. The summed E-state index contributed by atoms with van der Waals surface area (Å²) in [5, 5.41) is 0. The minimum absolute atomic E-state index is 0.252. The minimum Gasteiger partial charge on any atom is -0.494 e. The standard InChI is InChI=1S/C14H14FNO/c1-2-17-12-7-8-13(14(16)9-12)10-3-5-11(15)6-4-10/h3-9H,2,16H2,1H3. The maximum Gasteiger partial charge on any atom is 0.123 e. The number of anilines is 1. The molecule has 2 aromatic rings. The highest BCUT2D eigenvalue weighted by molar-refractivity contribution is 5.77. The SMILES string of the molecule is CCOc1ccc(-c2ccc(F)cc2)c(N)c1. The first-order valence-corrected chi connectivity index (χ1v) is 5.49. The maximum absolute atomic E-state index is 12.8. The van der Waals surface area contributed by atoms with Gasteiger partial charge in [-0.3, -0.25) is 0 Å². The van der Waals surface area contributed by atoms with E-state index in [4.69, 9.17) is 10.5 Å². The van der Waals surface area contributed by atoms with Gasteiger partial charge in [0, 0.05) is 17.3 Å². The molecule has 0 spiro atoms. The molecule has 0 saturated carbocycles. The van der Waals surface area contributed by atoms with E-state index in [1.807, 2.05) is 19.1 Å². The van der Waals surface area contributed by atoms with E-state index in [0.29, 0.717) is 12.3 Å². The third-order valence-electron chi connectivity index (χ3n) is 2.49. The van der Waals surface area contributed by atoms with Crippen molar-refractivity contribution < 1.29 is 9.13 Å². The molecule has 0 amide bonds. The first kappa shape index (κ1) is 11.5. The topological polar surface area (TPSA) is 35.2 Å². The van der Waals surface area contributed by atoms with E-state index in [1.165, 1.54) is 12.1 Å². The van der Waals surface area contributed by atoms with Gasteiger partial charge in [-0.1, -0.05) is 12.1 Å². The van der Waals surface area contributed by atoms with Crippen molar-refractivity contribution in [3.63, 3.8) is 0 Å². The highest BCUT2D eigenvalue weighted by Crippen LogP contribution is 2.29. The predicted molar refractivity (Wildman–Crippen MR) is 67.4 cm³/mol. The van der Waals surface area contributed by atoms with Gasteiger partial charge in [0.25, 0.3) is 0 Å². The molecular weight excluding hydrogens is 217 g/mol. The first-order valence-electron chi connectivity index (χ1n) is 5.49.